The van der Waals surface area contributed by atoms with Crippen LogP contribution in [-0.2, 0) is 0 Å². The Bertz CT molecular complexity index is 447. The smallest absolute Gasteiger partial charge is 0.224 e. The first-order chi connectivity index (χ1) is 9.52. The lowest BCUT2D eigenvalue weighted by Gasteiger charge is -2.35. The van der Waals surface area contributed by atoms with Crippen LogP contribution in [-0.4, -0.2) is 33.8 Å². The number of rotatable bonds is 5. The van der Waals surface area contributed by atoms with Crippen molar-refractivity contribution >= 4 is 23.4 Å². The molecule has 0 spiro atoms. The minimum absolute atomic E-state index is 0.472. The van der Waals surface area contributed by atoms with Gasteiger partial charge in [-0.25, -0.2) is 4.98 Å². The molecule has 0 unspecified atom stereocenters. The van der Waals surface area contributed by atoms with Crippen LogP contribution in [0, 0.1) is 5.92 Å². The van der Waals surface area contributed by atoms with E-state index < -0.39 is 5.60 Å². The van der Waals surface area contributed by atoms with Crippen molar-refractivity contribution in [3.63, 3.8) is 0 Å². The van der Waals surface area contributed by atoms with Crippen LogP contribution < -0.4 is 10.6 Å². The van der Waals surface area contributed by atoms with Gasteiger partial charge in [0.1, 0.15) is 5.02 Å². The van der Waals surface area contributed by atoms with E-state index in [2.05, 4.69) is 27.5 Å². The van der Waals surface area contributed by atoms with Crippen molar-refractivity contribution < 1.29 is 5.11 Å². The van der Waals surface area contributed by atoms with Gasteiger partial charge in [0.25, 0.3) is 0 Å². The topological polar surface area (TPSA) is 70.1 Å². The molecule has 2 rings (SSSR count). The molecule has 1 saturated carbocycles. The largest absolute Gasteiger partial charge is 0.388 e. The molecule has 0 atom stereocenters. The summed E-state index contributed by atoms with van der Waals surface area (Å²) >= 11 is 6.09. The summed E-state index contributed by atoms with van der Waals surface area (Å²) in [6, 6.07) is 0. The first kappa shape index (κ1) is 15.3. The molecule has 1 heterocycles. The van der Waals surface area contributed by atoms with Gasteiger partial charge in [0.05, 0.1) is 11.8 Å². The van der Waals surface area contributed by atoms with Gasteiger partial charge in [-0.15, -0.1) is 0 Å². The lowest BCUT2D eigenvalue weighted by molar-refractivity contribution is 0.00495. The predicted octanol–water partition coefficient (Wildman–Crippen LogP) is 2.91. The first-order valence-corrected chi connectivity index (χ1v) is 7.63. The highest BCUT2D eigenvalue weighted by molar-refractivity contribution is 6.32. The third-order valence-electron chi connectivity index (χ3n) is 3.87. The lowest BCUT2D eigenvalue weighted by Crippen LogP contribution is -2.40. The zero-order valence-electron chi connectivity index (χ0n) is 12.1. The van der Waals surface area contributed by atoms with E-state index in [0.717, 1.165) is 32.2 Å². The summed E-state index contributed by atoms with van der Waals surface area (Å²) in [5.74, 6) is 1.83. The van der Waals surface area contributed by atoms with Crippen LogP contribution in [0.3, 0.4) is 0 Å². The molecule has 6 heteroatoms. The van der Waals surface area contributed by atoms with E-state index in [0.29, 0.717) is 29.3 Å². The monoisotopic (exact) mass is 298 g/mol. The van der Waals surface area contributed by atoms with Crippen molar-refractivity contribution in [3.05, 3.63) is 11.2 Å². The maximum atomic E-state index is 10.5. The number of halogens is 1. The van der Waals surface area contributed by atoms with E-state index in [9.17, 15) is 5.11 Å². The first-order valence-electron chi connectivity index (χ1n) is 7.25. The van der Waals surface area contributed by atoms with Gasteiger partial charge in [0.2, 0.25) is 5.95 Å². The highest BCUT2D eigenvalue weighted by Crippen LogP contribution is 2.32. The number of hydrogen-bond acceptors (Lipinski definition) is 5. The average Bonchev–Trinajstić information content (AvgIpc) is 2.43. The summed E-state index contributed by atoms with van der Waals surface area (Å²) in [4.78, 5) is 8.41. The van der Waals surface area contributed by atoms with Crippen molar-refractivity contribution in [3.8, 4) is 0 Å². The summed E-state index contributed by atoms with van der Waals surface area (Å²) < 4.78 is 0. The fourth-order valence-corrected chi connectivity index (χ4v) is 2.62. The minimum Gasteiger partial charge on any atom is -0.388 e. The minimum atomic E-state index is -0.654. The zero-order chi connectivity index (χ0) is 14.6. The van der Waals surface area contributed by atoms with Gasteiger partial charge < -0.3 is 15.7 Å². The second-order valence-corrected chi connectivity index (χ2v) is 6.09. The highest BCUT2D eigenvalue weighted by Gasteiger charge is 2.31. The normalized spacial score (nSPS) is 26.3. The van der Waals surface area contributed by atoms with Crippen LogP contribution >= 0.6 is 11.6 Å². The SMILES string of the molecule is CCNc1ncc(Cl)c(NCC2(O)CCC(C)CC2)n1. The third-order valence-corrected chi connectivity index (χ3v) is 4.15. The second-order valence-electron chi connectivity index (χ2n) is 5.68. The Morgan fingerprint density at radius 3 is 2.75 bits per heavy atom. The molecule has 20 heavy (non-hydrogen) atoms. The van der Waals surface area contributed by atoms with E-state index in [1.54, 1.807) is 6.20 Å². The maximum absolute atomic E-state index is 10.5. The molecule has 0 saturated heterocycles. The molecule has 1 fully saturated rings. The predicted molar refractivity (Wildman–Crippen MR) is 82.3 cm³/mol. The van der Waals surface area contributed by atoms with Crippen LogP contribution in [0.1, 0.15) is 39.5 Å². The average molecular weight is 299 g/mol. The van der Waals surface area contributed by atoms with E-state index in [4.69, 9.17) is 11.6 Å². The quantitative estimate of drug-likeness (QED) is 0.780. The summed E-state index contributed by atoms with van der Waals surface area (Å²) in [7, 11) is 0. The molecule has 1 aromatic heterocycles. The number of aliphatic hydroxyl groups is 1. The molecule has 1 aliphatic rings. The Hall–Kier alpha value is -1.07. The van der Waals surface area contributed by atoms with Crippen LogP contribution in [0.2, 0.25) is 5.02 Å². The van der Waals surface area contributed by atoms with Crippen molar-refractivity contribution in [1.29, 1.82) is 0 Å². The number of nitrogens with zero attached hydrogens (tertiary/aromatic N) is 2. The van der Waals surface area contributed by atoms with Gasteiger partial charge in [-0.05, 0) is 38.5 Å². The van der Waals surface area contributed by atoms with Crippen LogP contribution in [0.4, 0.5) is 11.8 Å². The van der Waals surface area contributed by atoms with Crippen molar-refractivity contribution in [2.45, 2.75) is 45.1 Å². The third kappa shape index (κ3) is 3.96. The van der Waals surface area contributed by atoms with Crippen LogP contribution in [0.5, 0.6) is 0 Å². The van der Waals surface area contributed by atoms with E-state index in [1.807, 2.05) is 6.92 Å². The molecular formula is C14H23ClN4O. The summed E-state index contributed by atoms with van der Waals surface area (Å²) in [6.45, 7) is 5.44. The van der Waals surface area contributed by atoms with Crippen molar-refractivity contribution in [1.82, 2.24) is 9.97 Å². The molecule has 0 bridgehead atoms. The van der Waals surface area contributed by atoms with Gasteiger partial charge in [-0.2, -0.15) is 4.98 Å². The van der Waals surface area contributed by atoms with Crippen molar-refractivity contribution in [2.24, 2.45) is 5.92 Å². The van der Waals surface area contributed by atoms with Crippen molar-refractivity contribution in [2.75, 3.05) is 23.7 Å². The summed E-state index contributed by atoms with van der Waals surface area (Å²) in [5, 5.41) is 17.2. The van der Waals surface area contributed by atoms with E-state index in [-0.39, 0.29) is 0 Å². The van der Waals surface area contributed by atoms with Crippen LogP contribution in [0.15, 0.2) is 6.20 Å². The second kappa shape index (κ2) is 6.59. The Balaban J connectivity index is 1.97. The number of nitrogens with one attached hydrogen (secondary N) is 2. The fraction of sp³-hybridized carbons (Fsp3) is 0.714. The molecule has 1 aromatic rings. The van der Waals surface area contributed by atoms with Crippen LogP contribution in [0.25, 0.3) is 0 Å². The molecule has 3 N–H and O–H groups in total. The molecule has 1 aliphatic carbocycles. The van der Waals surface area contributed by atoms with E-state index >= 15 is 0 Å². The maximum Gasteiger partial charge on any atom is 0.224 e. The summed E-state index contributed by atoms with van der Waals surface area (Å²) in [5.41, 5.74) is -0.654. The molecule has 112 valence electrons. The molecule has 0 aliphatic heterocycles. The fourth-order valence-electron chi connectivity index (χ4n) is 2.46. The Morgan fingerprint density at radius 1 is 1.40 bits per heavy atom. The number of anilines is 2. The molecule has 5 nitrogen and oxygen atoms in total. The Labute approximate surface area is 125 Å². The standard InChI is InChI=1S/C14H23ClN4O/c1-3-16-13-17-8-11(15)12(19-13)18-9-14(20)6-4-10(2)5-7-14/h8,10,20H,3-7,9H2,1-2H3,(H2,16,17,18,19). The van der Waals surface area contributed by atoms with Gasteiger partial charge in [-0.1, -0.05) is 18.5 Å². The van der Waals surface area contributed by atoms with Gasteiger partial charge in [-0.3, -0.25) is 0 Å². The number of aromatic nitrogens is 2. The Kier molecular flexibility index (Phi) is 5.05. The molecule has 0 radical (unpaired) electrons. The summed E-state index contributed by atoms with van der Waals surface area (Å²) in [6.07, 6.45) is 5.35. The van der Waals surface area contributed by atoms with Gasteiger partial charge in [0, 0.05) is 13.1 Å². The molecule has 0 aromatic carbocycles. The lowest BCUT2D eigenvalue weighted by atomic mass is 9.79. The number of hydrogen-bond donors (Lipinski definition) is 3. The highest BCUT2D eigenvalue weighted by atomic mass is 35.5. The molecule has 0 amide bonds. The zero-order valence-corrected chi connectivity index (χ0v) is 12.9. The molecular weight excluding hydrogens is 276 g/mol. The van der Waals surface area contributed by atoms with E-state index in [1.165, 1.54) is 0 Å². The Morgan fingerprint density at radius 2 is 2.10 bits per heavy atom. The van der Waals surface area contributed by atoms with Gasteiger partial charge >= 0.3 is 0 Å². The van der Waals surface area contributed by atoms with Gasteiger partial charge in [0.15, 0.2) is 5.82 Å².